The molecule has 3 rings (SSSR count). The molecule has 1 heterocycles. The number of rotatable bonds is 4. The molecule has 1 saturated heterocycles. The summed E-state index contributed by atoms with van der Waals surface area (Å²) < 4.78 is 12.0. The van der Waals surface area contributed by atoms with Gasteiger partial charge in [0.15, 0.2) is 0 Å². The summed E-state index contributed by atoms with van der Waals surface area (Å²) in [6, 6.07) is 20.6. The third kappa shape index (κ3) is 3.34. The van der Waals surface area contributed by atoms with Crippen LogP contribution in [0.1, 0.15) is 30.6 Å². The van der Waals surface area contributed by atoms with Crippen molar-refractivity contribution in [3.63, 3.8) is 0 Å². The van der Waals surface area contributed by atoms with Crippen LogP contribution < -0.4 is 0 Å². The van der Waals surface area contributed by atoms with Gasteiger partial charge in [-0.2, -0.15) is 0 Å². The van der Waals surface area contributed by atoms with Crippen molar-refractivity contribution in [1.82, 2.24) is 0 Å². The molecule has 0 aliphatic carbocycles. The molecule has 2 heteroatoms. The Hall–Kier alpha value is -2.06. The van der Waals surface area contributed by atoms with Gasteiger partial charge < -0.3 is 9.47 Å². The summed E-state index contributed by atoms with van der Waals surface area (Å²) in [6.07, 6.45) is 3.08. The van der Waals surface area contributed by atoms with Gasteiger partial charge in [0.25, 0.3) is 0 Å². The molecule has 0 radical (unpaired) electrons. The molecule has 0 unspecified atom stereocenters. The summed E-state index contributed by atoms with van der Waals surface area (Å²) in [4.78, 5) is 0. The highest BCUT2D eigenvalue weighted by molar-refractivity contribution is 5.52. The van der Waals surface area contributed by atoms with E-state index in [4.69, 9.17) is 9.47 Å². The van der Waals surface area contributed by atoms with Crippen LogP contribution >= 0.6 is 0 Å². The SMILES string of the molecule is CCO[C@@H]1C[C@@H](c2ccccc2)O/C1=C\c1ccccc1. The molecule has 1 fully saturated rings. The lowest BCUT2D eigenvalue weighted by Gasteiger charge is -2.10. The van der Waals surface area contributed by atoms with Gasteiger partial charge in [-0.25, -0.2) is 0 Å². The van der Waals surface area contributed by atoms with E-state index < -0.39 is 0 Å². The molecule has 1 aliphatic heterocycles. The molecule has 0 saturated carbocycles. The minimum absolute atomic E-state index is 0.0420. The van der Waals surface area contributed by atoms with Crippen LogP contribution in [0.25, 0.3) is 6.08 Å². The van der Waals surface area contributed by atoms with E-state index in [9.17, 15) is 0 Å². The van der Waals surface area contributed by atoms with Gasteiger partial charge in [-0.3, -0.25) is 0 Å². The Morgan fingerprint density at radius 1 is 1.05 bits per heavy atom. The smallest absolute Gasteiger partial charge is 0.126 e. The van der Waals surface area contributed by atoms with Crippen LogP contribution in [-0.2, 0) is 9.47 Å². The third-order valence-electron chi connectivity index (χ3n) is 3.67. The van der Waals surface area contributed by atoms with Crippen molar-refractivity contribution in [2.24, 2.45) is 0 Å². The average Bonchev–Trinajstić information content (AvgIpc) is 2.93. The molecular weight excluding hydrogens is 260 g/mol. The topological polar surface area (TPSA) is 18.5 Å². The fourth-order valence-corrected chi connectivity index (χ4v) is 2.66. The Kier molecular flexibility index (Phi) is 4.37. The normalized spacial score (nSPS) is 23.2. The Morgan fingerprint density at radius 3 is 2.38 bits per heavy atom. The van der Waals surface area contributed by atoms with E-state index in [1.807, 2.05) is 43.3 Å². The molecule has 2 aromatic rings. The van der Waals surface area contributed by atoms with Crippen LogP contribution in [0.5, 0.6) is 0 Å². The lowest BCUT2D eigenvalue weighted by Crippen LogP contribution is -2.10. The maximum Gasteiger partial charge on any atom is 0.126 e. The number of hydrogen-bond acceptors (Lipinski definition) is 2. The average molecular weight is 280 g/mol. The fraction of sp³-hybridized carbons (Fsp3) is 0.263. The Labute approximate surface area is 126 Å². The molecule has 1 aliphatic rings. The molecule has 21 heavy (non-hydrogen) atoms. The number of benzene rings is 2. The molecule has 0 bridgehead atoms. The van der Waals surface area contributed by atoms with Crippen LogP contribution in [0.3, 0.4) is 0 Å². The van der Waals surface area contributed by atoms with E-state index in [2.05, 4.69) is 30.3 Å². The predicted molar refractivity (Wildman–Crippen MR) is 84.7 cm³/mol. The van der Waals surface area contributed by atoms with Gasteiger partial charge in [0.2, 0.25) is 0 Å². The quantitative estimate of drug-likeness (QED) is 0.815. The summed E-state index contributed by atoms with van der Waals surface area (Å²) in [7, 11) is 0. The largest absolute Gasteiger partial charge is 0.487 e. The van der Waals surface area contributed by atoms with Crippen molar-refractivity contribution in [3.05, 3.63) is 77.5 Å². The molecule has 2 nitrogen and oxygen atoms in total. The first-order valence-corrected chi connectivity index (χ1v) is 7.46. The van der Waals surface area contributed by atoms with E-state index in [0.29, 0.717) is 6.61 Å². The van der Waals surface area contributed by atoms with Crippen molar-refractivity contribution in [3.8, 4) is 0 Å². The summed E-state index contributed by atoms with van der Waals surface area (Å²) >= 11 is 0. The monoisotopic (exact) mass is 280 g/mol. The summed E-state index contributed by atoms with van der Waals surface area (Å²) in [6.45, 7) is 2.72. The van der Waals surface area contributed by atoms with Crippen LogP contribution in [0.2, 0.25) is 0 Å². The zero-order valence-corrected chi connectivity index (χ0v) is 12.2. The second-order valence-corrected chi connectivity index (χ2v) is 5.15. The van der Waals surface area contributed by atoms with Crippen molar-refractivity contribution >= 4 is 6.08 Å². The summed E-state index contributed by atoms with van der Waals surface area (Å²) in [5, 5.41) is 0. The van der Waals surface area contributed by atoms with Crippen molar-refractivity contribution in [2.75, 3.05) is 6.61 Å². The first-order valence-electron chi connectivity index (χ1n) is 7.46. The minimum atomic E-state index is 0.0420. The highest BCUT2D eigenvalue weighted by Gasteiger charge is 2.32. The van der Waals surface area contributed by atoms with Gasteiger partial charge in [-0.15, -0.1) is 0 Å². The molecule has 2 atom stereocenters. The van der Waals surface area contributed by atoms with Gasteiger partial charge in [0.05, 0.1) is 0 Å². The molecule has 0 aromatic heterocycles. The first-order chi connectivity index (χ1) is 10.4. The number of hydrogen-bond donors (Lipinski definition) is 0. The third-order valence-corrected chi connectivity index (χ3v) is 3.67. The van der Waals surface area contributed by atoms with E-state index in [1.165, 1.54) is 5.56 Å². The molecule has 0 spiro atoms. The van der Waals surface area contributed by atoms with E-state index in [1.54, 1.807) is 0 Å². The highest BCUT2D eigenvalue weighted by atomic mass is 16.6. The van der Waals surface area contributed by atoms with Gasteiger partial charge in [-0.1, -0.05) is 60.7 Å². The maximum atomic E-state index is 6.15. The van der Waals surface area contributed by atoms with E-state index in [-0.39, 0.29) is 12.2 Å². The summed E-state index contributed by atoms with van der Waals surface area (Å²) in [5.74, 6) is 0.928. The lowest BCUT2D eigenvalue weighted by molar-refractivity contribution is 0.0855. The second-order valence-electron chi connectivity index (χ2n) is 5.15. The van der Waals surface area contributed by atoms with Crippen molar-refractivity contribution in [1.29, 1.82) is 0 Å². The fourth-order valence-electron chi connectivity index (χ4n) is 2.66. The van der Waals surface area contributed by atoms with Gasteiger partial charge >= 0.3 is 0 Å². The minimum Gasteiger partial charge on any atom is -0.487 e. The maximum absolute atomic E-state index is 6.15. The zero-order chi connectivity index (χ0) is 14.5. The Morgan fingerprint density at radius 2 is 1.71 bits per heavy atom. The van der Waals surface area contributed by atoms with Gasteiger partial charge in [-0.05, 0) is 24.1 Å². The molecule has 0 amide bonds. The van der Waals surface area contributed by atoms with Crippen LogP contribution in [0.4, 0.5) is 0 Å². The standard InChI is InChI=1S/C19H20O2/c1-2-20-18-14-17(16-11-7-4-8-12-16)21-19(18)13-15-9-5-3-6-10-15/h3-13,17-18H,2,14H2,1H3/b19-13-/t17-,18+/m0/s1. The molecular formula is C19H20O2. The van der Waals surface area contributed by atoms with Crippen LogP contribution in [0.15, 0.2) is 66.4 Å². The van der Waals surface area contributed by atoms with Crippen LogP contribution in [0, 0.1) is 0 Å². The van der Waals surface area contributed by atoms with Crippen LogP contribution in [-0.4, -0.2) is 12.7 Å². The second kappa shape index (κ2) is 6.59. The van der Waals surface area contributed by atoms with E-state index >= 15 is 0 Å². The lowest BCUT2D eigenvalue weighted by atomic mass is 10.1. The number of ether oxygens (including phenoxy) is 2. The van der Waals surface area contributed by atoms with E-state index in [0.717, 1.165) is 17.7 Å². The molecule has 2 aromatic carbocycles. The predicted octanol–water partition coefficient (Wildman–Crippen LogP) is 4.59. The molecule has 108 valence electrons. The Balaban J connectivity index is 1.83. The molecule has 0 N–H and O–H groups in total. The van der Waals surface area contributed by atoms with Gasteiger partial charge in [0, 0.05) is 13.0 Å². The van der Waals surface area contributed by atoms with Gasteiger partial charge in [0.1, 0.15) is 18.0 Å². The zero-order valence-electron chi connectivity index (χ0n) is 12.2. The van der Waals surface area contributed by atoms with Crippen molar-refractivity contribution in [2.45, 2.75) is 25.6 Å². The Bertz CT molecular complexity index is 589. The summed E-state index contributed by atoms with van der Waals surface area (Å²) in [5.41, 5.74) is 2.35. The van der Waals surface area contributed by atoms with Crippen molar-refractivity contribution < 1.29 is 9.47 Å². The first kappa shape index (κ1) is 13.9. The highest BCUT2D eigenvalue weighted by Crippen LogP contribution is 2.37.